The zero-order valence-electron chi connectivity index (χ0n) is 19.3. The summed E-state index contributed by atoms with van der Waals surface area (Å²) >= 11 is 8.04. The Bertz CT molecular complexity index is 899. The number of halogens is 1. The number of aryl methyl sites for hydroxylation is 9. The van der Waals surface area contributed by atoms with Crippen LogP contribution in [-0.2, 0) is 0 Å². The smallest absolute Gasteiger partial charge is 0.149 e. The summed E-state index contributed by atoms with van der Waals surface area (Å²) in [7, 11) is -2.74. The molecule has 0 nitrogen and oxygen atoms in total. The summed E-state index contributed by atoms with van der Waals surface area (Å²) in [5, 5.41) is 4.07. The van der Waals surface area contributed by atoms with Crippen molar-refractivity contribution in [3.8, 4) is 0 Å². The molecule has 0 atom stereocenters. The van der Waals surface area contributed by atoms with E-state index in [-0.39, 0.29) is 0 Å². The third-order valence-electron chi connectivity index (χ3n) is 6.06. The molecule has 0 aromatic heterocycles. The van der Waals surface area contributed by atoms with Crippen molar-refractivity contribution in [2.45, 2.75) is 62.3 Å². The van der Waals surface area contributed by atoms with E-state index in [1.165, 1.54) is 65.6 Å². The summed E-state index contributed by atoms with van der Waals surface area (Å²) in [5.41, 5.74) is 11.7. The molecule has 0 N–H and O–H groups in total. The van der Waals surface area contributed by atoms with Crippen LogP contribution in [0.1, 0.15) is 50.1 Å². The Morgan fingerprint density at radius 1 is 0.414 bits per heavy atom. The van der Waals surface area contributed by atoms with E-state index >= 15 is 0 Å². The number of hydrogen-bond acceptors (Lipinski definition) is 0. The average Bonchev–Trinajstić information content (AvgIpc) is 2.51. The third-order valence-corrected chi connectivity index (χ3v) is 12.2. The molecule has 0 aliphatic rings. The minimum absolute atomic E-state index is 1.30. The van der Waals surface area contributed by atoms with Crippen LogP contribution in [0.3, 0.4) is 0 Å². The molecule has 0 amide bonds. The Morgan fingerprint density at radius 2 is 0.586 bits per heavy atom. The fourth-order valence-electron chi connectivity index (χ4n) is 5.55. The van der Waals surface area contributed by atoms with Gasteiger partial charge < -0.3 is 0 Å². The van der Waals surface area contributed by atoms with Crippen LogP contribution in [0.5, 0.6) is 0 Å². The van der Waals surface area contributed by atoms with Gasteiger partial charge in [-0.05, 0) is 111 Å². The molecule has 3 rings (SSSR count). The summed E-state index contributed by atoms with van der Waals surface area (Å²) in [6.07, 6.45) is 0. The van der Waals surface area contributed by atoms with Gasteiger partial charge in [-0.1, -0.05) is 53.1 Å². The fraction of sp³-hybridized carbons (Fsp3) is 0.333. The van der Waals surface area contributed by atoms with E-state index in [2.05, 4.69) is 98.7 Å². The fourth-order valence-corrected chi connectivity index (χ4v) is 12.7. The minimum atomic E-state index is -2.74. The molecule has 0 saturated carbocycles. The minimum Gasteiger partial charge on any atom is -0.149 e. The third kappa shape index (κ3) is 3.71. The highest BCUT2D eigenvalue weighted by molar-refractivity contribution is 7.41. The first kappa shape index (κ1) is 21.9. The maximum atomic E-state index is 8.04. The zero-order chi connectivity index (χ0) is 21.7. The van der Waals surface area contributed by atoms with Crippen molar-refractivity contribution < 1.29 is 0 Å². The van der Waals surface area contributed by atoms with Gasteiger partial charge in [0.15, 0.2) is 0 Å². The Hall–Kier alpha value is -1.83. The van der Waals surface area contributed by atoms with Gasteiger partial charge in [-0.25, -0.2) is 0 Å². The van der Waals surface area contributed by atoms with E-state index in [0.29, 0.717) is 0 Å². The van der Waals surface area contributed by atoms with Crippen molar-refractivity contribution >= 4 is 34.0 Å². The second-order valence-corrected chi connectivity index (χ2v) is 13.5. The van der Waals surface area contributed by atoms with Crippen LogP contribution in [0.2, 0.25) is 0 Å². The molecule has 0 spiro atoms. The molecule has 0 saturated heterocycles. The first-order chi connectivity index (χ1) is 13.5. The normalized spacial score (nSPS) is 11.8. The van der Waals surface area contributed by atoms with Crippen molar-refractivity contribution in [2.75, 3.05) is 0 Å². The molecule has 0 heterocycles. The summed E-state index contributed by atoms with van der Waals surface area (Å²) in [5.74, 6) is 0. The van der Waals surface area contributed by atoms with Crippen LogP contribution in [0.25, 0.3) is 0 Å². The lowest BCUT2D eigenvalue weighted by atomic mass is 10.1. The topological polar surface area (TPSA) is 0 Å². The van der Waals surface area contributed by atoms with E-state index < -0.39 is 7.38 Å². The molecule has 29 heavy (non-hydrogen) atoms. The molecule has 0 aliphatic heterocycles. The van der Waals surface area contributed by atoms with Gasteiger partial charge in [0.1, 0.15) is 0 Å². The van der Waals surface area contributed by atoms with Crippen LogP contribution in [-0.4, -0.2) is 7.38 Å². The molecule has 3 aromatic carbocycles. The van der Waals surface area contributed by atoms with Gasteiger partial charge >= 0.3 is 0 Å². The van der Waals surface area contributed by atoms with E-state index in [0.717, 1.165) is 0 Å². The average molecular weight is 421 g/mol. The first-order valence-electron chi connectivity index (χ1n) is 10.4. The molecular formula is C27H33ClSi. The van der Waals surface area contributed by atoms with Crippen molar-refractivity contribution in [1.29, 1.82) is 0 Å². The molecule has 0 aliphatic carbocycles. The number of rotatable bonds is 3. The van der Waals surface area contributed by atoms with Gasteiger partial charge in [0.25, 0.3) is 0 Å². The molecule has 0 fully saturated rings. The molecular weight excluding hydrogens is 388 g/mol. The van der Waals surface area contributed by atoms with Crippen LogP contribution in [0.4, 0.5) is 0 Å². The molecule has 2 heteroatoms. The quantitative estimate of drug-likeness (QED) is 0.291. The predicted octanol–water partition coefficient (Wildman–Crippen LogP) is 5.67. The van der Waals surface area contributed by atoms with Gasteiger partial charge in [-0.3, -0.25) is 0 Å². The van der Waals surface area contributed by atoms with Gasteiger partial charge in [-0.2, -0.15) is 0 Å². The van der Waals surface area contributed by atoms with E-state index in [4.69, 9.17) is 11.1 Å². The Kier molecular flexibility index (Phi) is 5.86. The SMILES string of the molecule is Cc1cc(C)c([Si](Cl)(c2c(C)cc(C)cc2C)c2c(C)cc(C)cc2C)c(C)c1. The van der Waals surface area contributed by atoms with E-state index in [1.807, 2.05) is 0 Å². The van der Waals surface area contributed by atoms with Crippen molar-refractivity contribution in [3.05, 3.63) is 86.5 Å². The van der Waals surface area contributed by atoms with Crippen molar-refractivity contribution in [2.24, 2.45) is 0 Å². The van der Waals surface area contributed by atoms with Crippen molar-refractivity contribution in [1.82, 2.24) is 0 Å². The standard InChI is InChI=1S/C27H33ClSi/c1-16-10-19(4)25(20(5)11-16)29(28,26-21(6)12-17(2)13-22(26)7)27-23(8)14-18(3)15-24(27)9/h10-15H,1-9H3. The number of benzene rings is 3. The van der Waals surface area contributed by atoms with Crippen LogP contribution in [0.15, 0.2) is 36.4 Å². The lowest BCUT2D eigenvalue weighted by Crippen LogP contribution is -2.67. The maximum absolute atomic E-state index is 8.04. The monoisotopic (exact) mass is 420 g/mol. The second kappa shape index (κ2) is 7.78. The summed E-state index contributed by atoms with van der Waals surface area (Å²) in [4.78, 5) is 0. The largest absolute Gasteiger partial charge is 0.249 e. The van der Waals surface area contributed by atoms with E-state index in [9.17, 15) is 0 Å². The lowest BCUT2D eigenvalue weighted by Gasteiger charge is -2.35. The Labute approximate surface area is 182 Å². The first-order valence-corrected chi connectivity index (χ1v) is 13.4. The van der Waals surface area contributed by atoms with Crippen LogP contribution < -0.4 is 15.6 Å². The Morgan fingerprint density at radius 3 is 0.759 bits per heavy atom. The van der Waals surface area contributed by atoms with Crippen molar-refractivity contribution in [3.63, 3.8) is 0 Å². The highest BCUT2D eigenvalue weighted by Crippen LogP contribution is 2.24. The molecule has 0 bridgehead atoms. The summed E-state index contributed by atoms with van der Waals surface area (Å²) < 4.78 is 0. The number of hydrogen-bond donors (Lipinski definition) is 0. The van der Waals surface area contributed by atoms with Gasteiger partial charge in [-0.15, -0.1) is 11.1 Å². The highest BCUT2D eigenvalue weighted by Gasteiger charge is 2.44. The molecule has 0 radical (unpaired) electrons. The molecule has 0 unspecified atom stereocenters. The molecule has 3 aromatic rings. The zero-order valence-corrected chi connectivity index (χ0v) is 21.1. The van der Waals surface area contributed by atoms with Gasteiger partial charge in [0.05, 0.1) is 0 Å². The Balaban J connectivity index is 2.55. The summed E-state index contributed by atoms with van der Waals surface area (Å²) in [6.45, 7) is 19.9. The van der Waals surface area contributed by atoms with Gasteiger partial charge in [0.2, 0.25) is 7.38 Å². The lowest BCUT2D eigenvalue weighted by molar-refractivity contribution is 1.32. The van der Waals surface area contributed by atoms with Crippen LogP contribution in [0, 0.1) is 62.3 Å². The maximum Gasteiger partial charge on any atom is 0.249 e. The summed E-state index contributed by atoms with van der Waals surface area (Å²) in [6, 6.07) is 13.8. The highest BCUT2D eigenvalue weighted by atomic mass is 35.6. The van der Waals surface area contributed by atoms with Crippen LogP contribution >= 0.6 is 11.1 Å². The molecule has 152 valence electrons. The van der Waals surface area contributed by atoms with Gasteiger partial charge in [0, 0.05) is 0 Å². The second-order valence-electron chi connectivity index (χ2n) is 8.98. The van der Waals surface area contributed by atoms with E-state index in [1.54, 1.807) is 0 Å². The predicted molar refractivity (Wildman–Crippen MR) is 132 cm³/mol.